The lowest BCUT2D eigenvalue weighted by atomic mass is 10.0. The predicted molar refractivity (Wildman–Crippen MR) is 318 cm³/mol. The average molecular weight is 1060 g/mol. The largest absolute Gasteiger partial charge is 0.472 e. The molecule has 2 N–H and O–H groups in total. The van der Waals surface area contributed by atoms with Gasteiger partial charge < -0.3 is 19.4 Å². The van der Waals surface area contributed by atoms with E-state index in [4.69, 9.17) is 13.8 Å². The minimum atomic E-state index is -4.45. The highest BCUT2D eigenvalue weighted by Crippen LogP contribution is 2.43. The Kier molecular flexibility index (Phi) is 52.4. The summed E-state index contributed by atoms with van der Waals surface area (Å²) < 4.78 is 30.7. The second-order valence-corrected chi connectivity index (χ2v) is 23.7. The Labute approximate surface area is 458 Å². The summed E-state index contributed by atoms with van der Waals surface area (Å²) in [5.74, 6) is -0.533. The van der Waals surface area contributed by atoms with Crippen LogP contribution in [0, 0.1) is 0 Å². The van der Waals surface area contributed by atoms with Crippen LogP contribution in [0.1, 0.15) is 284 Å². The molecule has 0 aromatic heterocycles. The van der Waals surface area contributed by atoms with E-state index in [9.17, 15) is 19.0 Å². The number of unbranched alkanes of at least 4 members (excludes halogenated alkanes) is 32. The van der Waals surface area contributed by atoms with E-state index in [0.29, 0.717) is 23.9 Å². The van der Waals surface area contributed by atoms with Crippen molar-refractivity contribution in [1.82, 2.24) is 5.32 Å². The number of carbonyl (C=O) groups excluding carboxylic acids is 2. The van der Waals surface area contributed by atoms with E-state index in [1.54, 1.807) is 0 Å². The summed E-state index contributed by atoms with van der Waals surface area (Å²) in [6.45, 7) is 6.98. The van der Waals surface area contributed by atoms with Crippen LogP contribution in [0.4, 0.5) is 0 Å². The number of quaternary nitrogens is 1. The molecular formula is C64H120N2O7P+. The molecule has 3 atom stereocenters. The maximum Gasteiger partial charge on any atom is 0.472 e. The lowest BCUT2D eigenvalue weighted by Gasteiger charge is -2.27. The summed E-state index contributed by atoms with van der Waals surface area (Å²) in [6.07, 6.45) is 67.8. The molecule has 0 saturated carbocycles. The third-order valence-electron chi connectivity index (χ3n) is 13.7. The molecule has 0 radical (unpaired) electrons. The number of allylic oxidation sites excluding steroid dienone is 9. The number of hydrogen-bond acceptors (Lipinski definition) is 6. The molecule has 0 aliphatic heterocycles. The molecular weight excluding hydrogens is 940 g/mol. The van der Waals surface area contributed by atoms with E-state index in [-0.39, 0.29) is 31.5 Å². The average Bonchev–Trinajstić information content (AvgIpc) is 3.36. The number of phosphoric acid groups is 1. The topological polar surface area (TPSA) is 111 Å². The number of carbonyl (C=O) groups is 2. The van der Waals surface area contributed by atoms with Crippen molar-refractivity contribution in [2.45, 2.75) is 296 Å². The van der Waals surface area contributed by atoms with Gasteiger partial charge in [-0.2, -0.15) is 0 Å². The Balaban J connectivity index is 5.31. The maximum absolute atomic E-state index is 13.5. The first-order valence-corrected chi connectivity index (χ1v) is 32.6. The van der Waals surface area contributed by atoms with Crippen molar-refractivity contribution in [2.24, 2.45) is 0 Å². The van der Waals surface area contributed by atoms with Gasteiger partial charge in [0.05, 0.1) is 33.8 Å². The first kappa shape index (κ1) is 71.7. The fourth-order valence-electron chi connectivity index (χ4n) is 8.87. The molecule has 0 aliphatic rings. The van der Waals surface area contributed by atoms with Crippen molar-refractivity contribution in [3.63, 3.8) is 0 Å². The lowest BCUT2D eigenvalue weighted by molar-refractivity contribution is -0.870. The van der Waals surface area contributed by atoms with Gasteiger partial charge in [0.25, 0.3) is 0 Å². The number of hydrogen-bond donors (Lipinski definition) is 2. The highest BCUT2D eigenvalue weighted by molar-refractivity contribution is 7.47. The molecule has 10 heteroatoms. The highest BCUT2D eigenvalue weighted by Gasteiger charge is 2.30. The third-order valence-corrected chi connectivity index (χ3v) is 14.7. The number of ether oxygens (including phenoxy) is 1. The summed E-state index contributed by atoms with van der Waals surface area (Å²) in [5.41, 5.74) is 0. The van der Waals surface area contributed by atoms with Gasteiger partial charge in [0, 0.05) is 12.8 Å². The quantitative estimate of drug-likeness (QED) is 0.0205. The van der Waals surface area contributed by atoms with Crippen molar-refractivity contribution in [3.05, 3.63) is 60.8 Å². The van der Waals surface area contributed by atoms with Crippen molar-refractivity contribution in [3.8, 4) is 0 Å². The number of nitrogens with one attached hydrogen (secondary N) is 1. The molecule has 74 heavy (non-hydrogen) atoms. The smallest absolute Gasteiger partial charge is 0.456 e. The summed E-state index contributed by atoms with van der Waals surface area (Å²) in [6, 6.07) is -0.860. The number of likely N-dealkylation sites (N-methyl/N-ethyl adjacent to an activating group) is 1. The van der Waals surface area contributed by atoms with Crippen LogP contribution in [0.5, 0.6) is 0 Å². The molecule has 1 amide bonds. The minimum Gasteiger partial charge on any atom is -0.456 e. The van der Waals surface area contributed by atoms with Gasteiger partial charge in [0.15, 0.2) is 0 Å². The summed E-state index contributed by atoms with van der Waals surface area (Å²) in [5, 5.41) is 3.05. The molecule has 0 aromatic carbocycles. The number of rotatable bonds is 56. The molecule has 9 nitrogen and oxygen atoms in total. The van der Waals surface area contributed by atoms with Crippen molar-refractivity contribution in [1.29, 1.82) is 0 Å². The summed E-state index contributed by atoms with van der Waals surface area (Å²) in [7, 11) is 1.48. The molecule has 432 valence electrons. The van der Waals surface area contributed by atoms with Gasteiger partial charge in [-0.25, -0.2) is 4.57 Å². The zero-order chi connectivity index (χ0) is 54.3. The SMILES string of the molecule is CCCCC/C=C\C/C=C\C/C=C\C/C=C\CCCCCC(=O)OC(/C=C/CCCCCCCCCCCC)C(COP(=O)(O)OCC[N+](C)(C)C)NC(=O)CCCCCCCCCCCCCCCCCCC. The van der Waals surface area contributed by atoms with Crippen LogP contribution in [-0.2, 0) is 27.9 Å². The molecule has 0 spiro atoms. The number of nitrogens with zero attached hydrogens (tertiary/aromatic N) is 1. The highest BCUT2D eigenvalue weighted by atomic mass is 31.2. The summed E-state index contributed by atoms with van der Waals surface area (Å²) >= 11 is 0. The van der Waals surface area contributed by atoms with Crippen LogP contribution in [0.3, 0.4) is 0 Å². The van der Waals surface area contributed by atoms with Gasteiger partial charge in [-0.15, -0.1) is 0 Å². The molecule has 0 aromatic rings. The zero-order valence-corrected chi connectivity index (χ0v) is 50.2. The second-order valence-electron chi connectivity index (χ2n) is 22.2. The molecule has 0 fully saturated rings. The van der Waals surface area contributed by atoms with Crippen LogP contribution in [0.2, 0.25) is 0 Å². The number of phosphoric ester groups is 1. The standard InChI is InChI=1S/C64H119N2O7P/c1-7-10-13-16-19-22-25-28-30-32-33-35-37-39-42-45-48-51-54-57-64(68)73-62(55-52-49-46-43-40-27-24-21-18-15-12-9-3)61(60-72-74(69,70)71-59-58-66(4,5)6)65-63(67)56-53-50-47-44-41-38-36-34-31-29-26-23-20-17-14-11-8-2/h19,22,28,30,33,35,39,42,52,55,61-62H,7-18,20-21,23-27,29,31-32,34,36-38,40-41,43-51,53-54,56-60H2,1-6H3,(H-,65,67,69,70)/p+1/b22-19-,30-28-,35-33-,42-39-,55-52+. The van der Waals surface area contributed by atoms with Gasteiger partial charge >= 0.3 is 13.8 Å². The van der Waals surface area contributed by atoms with Gasteiger partial charge in [-0.1, -0.05) is 255 Å². The van der Waals surface area contributed by atoms with Crippen molar-refractivity contribution >= 4 is 19.7 Å². The first-order chi connectivity index (χ1) is 35.9. The van der Waals surface area contributed by atoms with E-state index in [0.717, 1.165) is 77.0 Å². The van der Waals surface area contributed by atoms with Crippen LogP contribution in [0.15, 0.2) is 60.8 Å². The number of amides is 1. The van der Waals surface area contributed by atoms with Crippen LogP contribution >= 0.6 is 7.82 Å². The normalized spacial score (nSPS) is 14.1. The molecule has 0 rings (SSSR count). The molecule has 0 aliphatic carbocycles. The predicted octanol–water partition coefficient (Wildman–Crippen LogP) is 19.1. The Morgan fingerprint density at radius 2 is 0.824 bits per heavy atom. The van der Waals surface area contributed by atoms with Crippen LogP contribution in [-0.4, -0.2) is 74.3 Å². The third kappa shape index (κ3) is 54.5. The van der Waals surface area contributed by atoms with Gasteiger partial charge in [0.1, 0.15) is 19.3 Å². The Hall–Kier alpha value is -2.29. The van der Waals surface area contributed by atoms with Crippen LogP contribution < -0.4 is 5.32 Å². The van der Waals surface area contributed by atoms with E-state index >= 15 is 0 Å². The van der Waals surface area contributed by atoms with E-state index in [2.05, 4.69) is 74.7 Å². The van der Waals surface area contributed by atoms with Crippen molar-refractivity contribution < 1.29 is 37.3 Å². The minimum absolute atomic E-state index is 0.0349. The Bertz CT molecular complexity index is 1450. The van der Waals surface area contributed by atoms with Gasteiger partial charge in [0.2, 0.25) is 5.91 Å². The van der Waals surface area contributed by atoms with E-state index in [1.165, 1.54) is 167 Å². The number of esters is 1. The molecule has 0 heterocycles. The molecule has 0 saturated heterocycles. The molecule has 3 unspecified atom stereocenters. The first-order valence-electron chi connectivity index (χ1n) is 31.1. The maximum atomic E-state index is 13.5. The fraction of sp³-hybridized carbons (Fsp3) is 0.812. The lowest BCUT2D eigenvalue weighted by Crippen LogP contribution is -2.47. The van der Waals surface area contributed by atoms with Gasteiger partial charge in [-0.3, -0.25) is 18.6 Å². The molecule has 0 bridgehead atoms. The fourth-order valence-corrected chi connectivity index (χ4v) is 9.60. The van der Waals surface area contributed by atoms with E-state index < -0.39 is 20.0 Å². The van der Waals surface area contributed by atoms with Crippen molar-refractivity contribution in [2.75, 3.05) is 40.9 Å². The zero-order valence-electron chi connectivity index (χ0n) is 49.3. The van der Waals surface area contributed by atoms with Crippen LogP contribution in [0.25, 0.3) is 0 Å². The van der Waals surface area contributed by atoms with Gasteiger partial charge in [-0.05, 0) is 76.7 Å². The summed E-state index contributed by atoms with van der Waals surface area (Å²) in [4.78, 5) is 37.7. The Morgan fingerprint density at radius 1 is 0.473 bits per heavy atom. The monoisotopic (exact) mass is 1060 g/mol. The second kappa shape index (κ2) is 54.1. The Morgan fingerprint density at radius 3 is 1.27 bits per heavy atom. The van der Waals surface area contributed by atoms with E-state index in [1.807, 2.05) is 33.3 Å².